The van der Waals surface area contributed by atoms with Gasteiger partial charge >= 0.3 is 6.18 Å². The Kier molecular flexibility index (Phi) is 6.09. The number of aromatic nitrogens is 2. The molecule has 2 aliphatic rings. The lowest BCUT2D eigenvalue weighted by Gasteiger charge is -2.37. The molecule has 1 fully saturated rings. The highest BCUT2D eigenvalue weighted by atomic mass is 19.4. The molecule has 2 aliphatic heterocycles. The van der Waals surface area contributed by atoms with Gasteiger partial charge in [0, 0.05) is 56.6 Å². The molecule has 1 atom stereocenters. The van der Waals surface area contributed by atoms with Gasteiger partial charge in [-0.15, -0.1) is 0 Å². The molecule has 2 aromatic heterocycles. The van der Waals surface area contributed by atoms with Crippen molar-refractivity contribution < 1.29 is 27.4 Å². The summed E-state index contributed by atoms with van der Waals surface area (Å²) in [6.07, 6.45) is -0.458. The largest absolute Gasteiger partial charge is 0.454 e. The molecule has 4 aromatic rings. The van der Waals surface area contributed by atoms with E-state index in [1.165, 1.54) is 6.07 Å². The number of hydrogen-bond acceptors (Lipinski definition) is 5. The van der Waals surface area contributed by atoms with Gasteiger partial charge in [0.05, 0.1) is 11.3 Å². The average Bonchev–Trinajstić information content (AvgIpc) is 3.58. The molecular weight excluding hydrogens is 497 g/mol. The third-order valence-electron chi connectivity index (χ3n) is 7.15. The zero-order valence-corrected chi connectivity index (χ0v) is 20.4. The summed E-state index contributed by atoms with van der Waals surface area (Å²) in [6.45, 7) is 1.93. The van der Waals surface area contributed by atoms with Crippen LogP contribution in [0.3, 0.4) is 0 Å². The molecular formula is C28H25F3N4O3. The number of piperazine rings is 1. The molecule has 0 spiro atoms. The predicted molar refractivity (Wildman–Crippen MR) is 134 cm³/mol. The van der Waals surface area contributed by atoms with Crippen LogP contribution in [0.4, 0.5) is 18.9 Å². The number of rotatable bonds is 5. The minimum atomic E-state index is -4.39. The molecule has 7 nitrogen and oxygen atoms in total. The first kappa shape index (κ1) is 24.1. The second kappa shape index (κ2) is 9.59. The molecule has 10 heteroatoms. The number of hydrogen-bond donors (Lipinski definition) is 0. The van der Waals surface area contributed by atoms with E-state index in [0.717, 1.165) is 29.0 Å². The van der Waals surface area contributed by atoms with Crippen LogP contribution in [0, 0.1) is 0 Å². The SMILES string of the molecule is O=C(CC(c1ccc2c(c1)OCO2)c1cnc2ccccn12)N1CCN(c2cccc(C(F)(F)F)c2)CC1. The monoisotopic (exact) mass is 522 g/mol. The van der Waals surface area contributed by atoms with Gasteiger partial charge in [0.15, 0.2) is 11.5 Å². The van der Waals surface area contributed by atoms with Crippen molar-refractivity contribution in [3.05, 3.63) is 89.9 Å². The van der Waals surface area contributed by atoms with E-state index in [1.807, 2.05) is 51.9 Å². The third-order valence-corrected chi connectivity index (χ3v) is 7.15. The topological polar surface area (TPSA) is 59.3 Å². The van der Waals surface area contributed by atoms with Gasteiger partial charge in [0.1, 0.15) is 5.65 Å². The molecule has 0 N–H and O–H groups in total. The highest BCUT2D eigenvalue weighted by molar-refractivity contribution is 5.78. The van der Waals surface area contributed by atoms with Crippen LogP contribution in [-0.4, -0.2) is 53.2 Å². The first-order valence-corrected chi connectivity index (χ1v) is 12.4. The van der Waals surface area contributed by atoms with Gasteiger partial charge in [0.2, 0.25) is 12.7 Å². The number of ether oxygens (including phenoxy) is 2. The zero-order valence-electron chi connectivity index (χ0n) is 20.4. The molecule has 1 amide bonds. The Bertz CT molecular complexity index is 1480. The Morgan fingerprint density at radius 2 is 1.76 bits per heavy atom. The van der Waals surface area contributed by atoms with Gasteiger partial charge in [-0.3, -0.25) is 4.79 Å². The third kappa shape index (κ3) is 4.62. The Hall–Kier alpha value is -4.21. The van der Waals surface area contributed by atoms with Crippen molar-refractivity contribution >= 4 is 17.2 Å². The van der Waals surface area contributed by atoms with Crippen LogP contribution in [0.25, 0.3) is 5.65 Å². The molecule has 0 radical (unpaired) electrons. The number of anilines is 1. The second-order valence-corrected chi connectivity index (χ2v) is 9.40. The molecule has 196 valence electrons. The highest BCUT2D eigenvalue weighted by Crippen LogP contribution is 2.38. The maximum Gasteiger partial charge on any atom is 0.416 e. The van der Waals surface area contributed by atoms with E-state index in [2.05, 4.69) is 4.98 Å². The normalized spacial score (nSPS) is 16.2. The number of carbonyl (C=O) groups is 1. The molecule has 2 aromatic carbocycles. The molecule has 0 aliphatic carbocycles. The Balaban J connectivity index is 1.21. The van der Waals surface area contributed by atoms with Crippen molar-refractivity contribution in [2.45, 2.75) is 18.5 Å². The standard InChI is InChI=1S/C28H25F3N4O3/c29-28(30,31)20-4-3-5-21(15-20)33-10-12-34(13-11-33)27(36)16-22(19-7-8-24-25(14-19)38-18-37-24)23-17-32-26-6-1-2-9-35(23)26/h1-9,14-15,17,22H,10-13,16,18H2. The number of imidazole rings is 1. The minimum Gasteiger partial charge on any atom is -0.454 e. The number of nitrogens with zero attached hydrogens (tertiary/aromatic N) is 4. The Morgan fingerprint density at radius 1 is 0.947 bits per heavy atom. The number of alkyl halides is 3. The summed E-state index contributed by atoms with van der Waals surface area (Å²) in [6, 6.07) is 16.8. The van der Waals surface area contributed by atoms with Gasteiger partial charge in [0.25, 0.3) is 0 Å². The maximum atomic E-state index is 13.5. The molecule has 1 unspecified atom stereocenters. The second-order valence-electron chi connectivity index (χ2n) is 9.40. The summed E-state index contributed by atoms with van der Waals surface area (Å²) < 4.78 is 52.5. The van der Waals surface area contributed by atoms with Crippen molar-refractivity contribution in [2.24, 2.45) is 0 Å². The number of pyridine rings is 1. The first-order valence-electron chi connectivity index (χ1n) is 12.4. The Morgan fingerprint density at radius 3 is 2.58 bits per heavy atom. The van der Waals surface area contributed by atoms with Crippen molar-refractivity contribution in [3.63, 3.8) is 0 Å². The number of halogens is 3. The lowest BCUT2D eigenvalue weighted by atomic mass is 9.91. The van der Waals surface area contributed by atoms with Crippen molar-refractivity contribution in [1.29, 1.82) is 0 Å². The van der Waals surface area contributed by atoms with E-state index in [9.17, 15) is 18.0 Å². The lowest BCUT2D eigenvalue weighted by molar-refractivity contribution is -0.137. The summed E-state index contributed by atoms with van der Waals surface area (Å²) in [5.41, 5.74) is 2.42. The fourth-order valence-electron chi connectivity index (χ4n) is 5.13. The average molecular weight is 523 g/mol. The van der Waals surface area contributed by atoms with Crippen molar-refractivity contribution in [1.82, 2.24) is 14.3 Å². The van der Waals surface area contributed by atoms with E-state index in [1.54, 1.807) is 17.2 Å². The molecule has 6 rings (SSSR count). The van der Waals surface area contributed by atoms with Gasteiger partial charge in [-0.2, -0.15) is 13.2 Å². The van der Waals surface area contributed by atoms with E-state index < -0.39 is 11.7 Å². The van der Waals surface area contributed by atoms with Crippen LogP contribution in [0.5, 0.6) is 11.5 Å². The molecule has 4 heterocycles. The molecule has 1 saturated heterocycles. The highest BCUT2D eigenvalue weighted by Gasteiger charge is 2.32. The van der Waals surface area contributed by atoms with E-state index in [-0.39, 0.29) is 25.0 Å². The number of fused-ring (bicyclic) bond motifs is 2. The lowest BCUT2D eigenvalue weighted by Crippen LogP contribution is -2.49. The van der Waals surface area contributed by atoms with Crippen LogP contribution >= 0.6 is 0 Å². The van der Waals surface area contributed by atoms with Crippen molar-refractivity contribution in [2.75, 3.05) is 37.9 Å². The van der Waals surface area contributed by atoms with Crippen LogP contribution in [0.1, 0.15) is 29.2 Å². The van der Waals surface area contributed by atoms with Crippen LogP contribution < -0.4 is 14.4 Å². The molecule has 0 bridgehead atoms. The summed E-state index contributed by atoms with van der Waals surface area (Å²) in [5, 5.41) is 0. The zero-order chi connectivity index (χ0) is 26.3. The number of carbonyl (C=O) groups excluding carboxylic acids is 1. The fraction of sp³-hybridized carbons (Fsp3) is 0.286. The van der Waals surface area contributed by atoms with Crippen LogP contribution in [-0.2, 0) is 11.0 Å². The van der Waals surface area contributed by atoms with Gasteiger partial charge < -0.3 is 23.7 Å². The first-order chi connectivity index (χ1) is 18.4. The van der Waals surface area contributed by atoms with Crippen LogP contribution in [0.15, 0.2) is 73.1 Å². The Labute approximate surface area is 217 Å². The minimum absolute atomic E-state index is 0.0257. The summed E-state index contributed by atoms with van der Waals surface area (Å²) >= 11 is 0. The summed E-state index contributed by atoms with van der Waals surface area (Å²) in [4.78, 5) is 21.7. The van der Waals surface area contributed by atoms with Crippen molar-refractivity contribution in [3.8, 4) is 11.5 Å². The van der Waals surface area contributed by atoms with E-state index in [4.69, 9.17) is 9.47 Å². The molecule has 0 saturated carbocycles. The van der Waals surface area contributed by atoms with E-state index in [0.29, 0.717) is 43.4 Å². The van der Waals surface area contributed by atoms with E-state index >= 15 is 0 Å². The summed E-state index contributed by atoms with van der Waals surface area (Å²) in [7, 11) is 0. The quantitative estimate of drug-likeness (QED) is 0.371. The maximum absolute atomic E-state index is 13.5. The number of benzene rings is 2. The van der Waals surface area contributed by atoms with Crippen LogP contribution in [0.2, 0.25) is 0 Å². The predicted octanol–water partition coefficient (Wildman–Crippen LogP) is 4.95. The fourth-order valence-corrected chi connectivity index (χ4v) is 5.13. The van der Waals surface area contributed by atoms with Gasteiger partial charge in [-0.25, -0.2) is 4.98 Å². The smallest absolute Gasteiger partial charge is 0.416 e. The molecule has 38 heavy (non-hydrogen) atoms. The number of amides is 1. The summed E-state index contributed by atoms with van der Waals surface area (Å²) in [5.74, 6) is 1.00. The van der Waals surface area contributed by atoms with Gasteiger partial charge in [-0.1, -0.05) is 18.2 Å². The van der Waals surface area contributed by atoms with Gasteiger partial charge in [-0.05, 0) is 48.0 Å².